The molecule has 0 aromatic rings. The van der Waals surface area contributed by atoms with Gasteiger partial charge < -0.3 is 33.0 Å². The maximum absolute atomic E-state index is 7.64. The maximum Gasteiger partial charge on any atom is 0.209 e. The number of hydrogen-bond acceptors (Lipinski definition) is 6. The van der Waals surface area contributed by atoms with Crippen molar-refractivity contribution in [3.05, 3.63) is 0 Å². The van der Waals surface area contributed by atoms with Crippen LogP contribution in [0.4, 0.5) is 0 Å². The van der Waals surface area contributed by atoms with Crippen LogP contribution >= 0.6 is 11.6 Å². The van der Waals surface area contributed by atoms with Gasteiger partial charge in [-0.2, -0.15) is 5.26 Å². The lowest BCUT2D eigenvalue weighted by molar-refractivity contribution is 0.425. The van der Waals surface area contributed by atoms with E-state index in [4.69, 9.17) is 44.5 Å². The zero-order chi connectivity index (χ0) is 14.2. The molecule has 0 aliphatic carbocycles. The molecule has 1 atom stereocenters. The highest BCUT2D eigenvalue weighted by atomic mass is 35.5. The summed E-state index contributed by atoms with van der Waals surface area (Å²) in [7, 11) is 0. The van der Waals surface area contributed by atoms with Crippen LogP contribution in [0, 0.1) is 11.5 Å². The van der Waals surface area contributed by atoms with Gasteiger partial charge in [-0.3, -0.25) is 0 Å². The number of hydrogen-bond donors (Lipinski definition) is 5. The smallest absolute Gasteiger partial charge is 0.209 e. The van der Waals surface area contributed by atoms with E-state index in [0.717, 1.165) is 19.7 Å². The zero-order valence-electron chi connectivity index (χ0n) is 10.3. The van der Waals surface area contributed by atoms with E-state index in [1.165, 1.54) is 6.19 Å². The molecule has 0 radical (unpaired) electrons. The van der Waals surface area contributed by atoms with Crippen molar-refractivity contribution in [2.24, 2.45) is 27.9 Å². The number of nitrogens with zero attached hydrogens (tertiary/aromatic N) is 2. The molecule has 9 heteroatoms. The minimum atomic E-state index is -0.197. The standard InChI is InChI=1S/C4H13N3.C3H5ClO.C2H4N4/c5-1-3-7-4-2-6;4-1-3-2-5-3;3-1-6-2(4)5/h7H,1-6H2;3H,1-2H2;(H4,4,5,6). The summed E-state index contributed by atoms with van der Waals surface area (Å²) in [6, 6.07) is 0. The van der Waals surface area contributed by atoms with E-state index in [2.05, 4.69) is 10.3 Å². The quantitative estimate of drug-likeness (QED) is 0.0956. The molecule has 1 unspecified atom stereocenters. The van der Waals surface area contributed by atoms with E-state index >= 15 is 0 Å². The number of guanidine groups is 1. The van der Waals surface area contributed by atoms with Gasteiger partial charge in [0.1, 0.15) is 0 Å². The number of alkyl halides is 1. The number of nitriles is 1. The number of nitrogens with one attached hydrogen (secondary N) is 1. The molecule has 9 N–H and O–H groups in total. The monoisotopic (exact) mass is 279 g/mol. The number of epoxide rings is 1. The minimum Gasteiger partial charge on any atom is -0.372 e. The van der Waals surface area contributed by atoms with Crippen molar-refractivity contribution < 1.29 is 4.74 Å². The Bertz CT molecular complexity index is 232. The fourth-order valence-electron chi connectivity index (χ4n) is 0.544. The average Bonchev–Trinajstić information content (AvgIpc) is 3.15. The molecule has 0 saturated carbocycles. The number of ether oxygens (including phenoxy) is 1. The van der Waals surface area contributed by atoms with E-state index in [9.17, 15) is 0 Å². The molecule has 1 aliphatic heterocycles. The summed E-state index contributed by atoms with van der Waals surface area (Å²) in [4.78, 5) is 2.90. The van der Waals surface area contributed by atoms with Gasteiger partial charge in [-0.25, -0.2) is 0 Å². The van der Waals surface area contributed by atoms with Gasteiger partial charge in [-0.05, 0) is 0 Å². The van der Waals surface area contributed by atoms with Gasteiger partial charge in [0.25, 0.3) is 0 Å². The first kappa shape index (κ1) is 19.2. The third-order valence-electron chi connectivity index (χ3n) is 1.40. The second-order valence-corrected chi connectivity index (χ2v) is 3.38. The normalized spacial score (nSPS) is 15.1. The predicted octanol–water partition coefficient (Wildman–Crippen LogP) is -2.14. The molecule has 8 nitrogen and oxygen atoms in total. The second-order valence-electron chi connectivity index (χ2n) is 3.07. The molecule has 0 amide bonds. The highest BCUT2D eigenvalue weighted by Crippen LogP contribution is 2.08. The Labute approximate surface area is 112 Å². The van der Waals surface area contributed by atoms with Crippen LogP contribution in [0.3, 0.4) is 0 Å². The number of halogens is 1. The fourth-order valence-corrected chi connectivity index (χ4v) is 0.722. The molecule has 1 rings (SSSR count). The Morgan fingerprint density at radius 1 is 1.39 bits per heavy atom. The van der Waals surface area contributed by atoms with Crippen LogP contribution in [-0.4, -0.2) is 50.7 Å². The first-order valence-electron chi connectivity index (χ1n) is 5.38. The molecule has 1 saturated heterocycles. The van der Waals surface area contributed by atoms with Crippen LogP contribution in [0.5, 0.6) is 0 Å². The predicted molar refractivity (Wildman–Crippen MR) is 72.9 cm³/mol. The first-order valence-corrected chi connectivity index (χ1v) is 5.91. The molecule has 0 bridgehead atoms. The summed E-state index contributed by atoms with van der Waals surface area (Å²) < 4.78 is 4.73. The van der Waals surface area contributed by atoms with Gasteiger partial charge in [0.15, 0.2) is 0 Å². The van der Waals surface area contributed by atoms with E-state index in [0.29, 0.717) is 25.1 Å². The molecule has 1 heterocycles. The molecule has 18 heavy (non-hydrogen) atoms. The van der Waals surface area contributed by atoms with Crippen LogP contribution in [0.15, 0.2) is 4.99 Å². The lowest BCUT2D eigenvalue weighted by Gasteiger charge is -1.95. The highest BCUT2D eigenvalue weighted by Gasteiger charge is 2.19. The Morgan fingerprint density at radius 2 is 1.89 bits per heavy atom. The molecule has 0 spiro atoms. The second kappa shape index (κ2) is 15.9. The first-order chi connectivity index (χ1) is 8.62. The van der Waals surface area contributed by atoms with Crippen LogP contribution in [0.25, 0.3) is 0 Å². The Kier molecular flexibility index (Phi) is 17.0. The third-order valence-corrected chi connectivity index (χ3v) is 1.74. The van der Waals surface area contributed by atoms with Gasteiger partial charge in [0.2, 0.25) is 12.2 Å². The molecular weight excluding hydrogens is 258 g/mol. The van der Waals surface area contributed by atoms with E-state index in [1.807, 2.05) is 0 Å². The topological polar surface area (TPSA) is 165 Å². The van der Waals surface area contributed by atoms with Gasteiger partial charge in [-0.1, -0.05) is 0 Å². The summed E-state index contributed by atoms with van der Waals surface area (Å²) in [6.45, 7) is 4.01. The molecular formula is C9H22ClN7O. The molecule has 106 valence electrons. The maximum atomic E-state index is 7.64. The summed E-state index contributed by atoms with van der Waals surface area (Å²) >= 11 is 5.27. The highest BCUT2D eigenvalue weighted by molar-refractivity contribution is 6.18. The van der Waals surface area contributed by atoms with E-state index in [1.54, 1.807) is 0 Å². The van der Waals surface area contributed by atoms with Crippen molar-refractivity contribution in [2.75, 3.05) is 38.7 Å². The number of rotatable bonds is 5. The van der Waals surface area contributed by atoms with Crippen molar-refractivity contribution in [2.45, 2.75) is 6.10 Å². The van der Waals surface area contributed by atoms with Gasteiger partial charge in [0.05, 0.1) is 18.6 Å². The Hall–Kier alpha value is -1.11. The van der Waals surface area contributed by atoms with E-state index < -0.39 is 0 Å². The zero-order valence-corrected chi connectivity index (χ0v) is 11.1. The van der Waals surface area contributed by atoms with Gasteiger partial charge in [0, 0.05) is 26.2 Å². The SMILES string of the molecule is ClCC1CO1.N#CN=C(N)N.NCCNCCN. The summed E-state index contributed by atoms with van der Waals surface area (Å²) in [5.74, 6) is 0.470. The van der Waals surface area contributed by atoms with Crippen molar-refractivity contribution >= 4 is 17.6 Å². The number of nitrogens with two attached hydrogens (primary N) is 4. The molecule has 1 aliphatic rings. The largest absolute Gasteiger partial charge is 0.372 e. The summed E-state index contributed by atoms with van der Waals surface area (Å²) in [5, 5.41) is 10.7. The van der Waals surface area contributed by atoms with Crippen LogP contribution in [0.2, 0.25) is 0 Å². The molecule has 0 aromatic heterocycles. The average molecular weight is 280 g/mol. The Morgan fingerprint density at radius 3 is 2.00 bits per heavy atom. The lowest BCUT2D eigenvalue weighted by Crippen LogP contribution is -2.27. The van der Waals surface area contributed by atoms with E-state index in [-0.39, 0.29) is 5.96 Å². The van der Waals surface area contributed by atoms with Crippen molar-refractivity contribution in [3.63, 3.8) is 0 Å². The van der Waals surface area contributed by atoms with Crippen molar-refractivity contribution in [3.8, 4) is 6.19 Å². The summed E-state index contributed by atoms with van der Waals surface area (Å²) in [6.07, 6.45) is 1.80. The summed E-state index contributed by atoms with van der Waals surface area (Å²) in [5.41, 5.74) is 19.7. The van der Waals surface area contributed by atoms with Gasteiger partial charge >= 0.3 is 0 Å². The van der Waals surface area contributed by atoms with Gasteiger partial charge in [-0.15, -0.1) is 16.6 Å². The molecule has 0 aromatic carbocycles. The van der Waals surface area contributed by atoms with Crippen molar-refractivity contribution in [1.29, 1.82) is 5.26 Å². The van der Waals surface area contributed by atoms with Crippen LogP contribution < -0.4 is 28.3 Å². The van der Waals surface area contributed by atoms with Crippen LogP contribution in [-0.2, 0) is 4.74 Å². The molecule has 1 fully saturated rings. The third kappa shape index (κ3) is 24.2. The fraction of sp³-hybridized carbons (Fsp3) is 0.778. The van der Waals surface area contributed by atoms with Crippen molar-refractivity contribution in [1.82, 2.24) is 5.32 Å². The van der Waals surface area contributed by atoms with Crippen LogP contribution in [0.1, 0.15) is 0 Å². The minimum absolute atomic E-state index is 0.197. The Balaban J connectivity index is 0. The number of aliphatic imine (C=N–C) groups is 1. The lowest BCUT2D eigenvalue weighted by atomic mass is 10.6.